The second-order valence-electron chi connectivity index (χ2n) is 14.0. The fourth-order valence-corrected chi connectivity index (χ4v) is 8.31. The number of fused-ring (bicyclic) bond motifs is 7. The summed E-state index contributed by atoms with van der Waals surface area (Å²) in [5.74, 6) is 0. The molecule has 0 spiro atoms. The third-order valence-corrected chi connectivity index (χ3v) is 10.9. The first-order valence-electron chi connectivity index (χ1n) is 18.7. The molecule has 11 rings (SSSR count). The highest BCUT2D eigenvalue weighted by Gasteiger charge is 2.23. The lowest BCUT2D eigenvalue weighted by Gasteiger charge is -2.27. The van der Waals surface area contributed by atoms with Crippen molar-refractivity contribution in [3.63, 3.8) is 0 Å². The van der Waals surface area contributed by atoms with E-state index in [2.05, 4.69) is 193 Å². The lowest BCUT2D eigenvalue weighted by Crippen LogP contribution is -2.10. The van der Waals surface area contributed by atoms with Crippen LogP contribution in [-0.4, -0.2) is 0 Å². The molecule has 0 radical (unpaired) electrons. The Kier molecular flexibility index (Phi) is 7.17. The van der Waals surface area contributed by atoms with Gasteiger partial charge in [0.2, 0.25) is 0 Å². The van der Waals surface area contributed by atoms with Crippen molar-refractivity contribution in [3.8, 4) is 33.4 Å². The molecule has 0 aliphatic rings. The molecule has 9 aromatic carbocycles. The number of benzene rings is 9. The Labute approximate surface area is 317 Å². The molecule has 0 fully saturated rings. The molecule has 3 nitrogen and oxygen atoms in total. The number of hydrogen-bond donors (Lipinski definition) is 0. The molecular formula is C52H33NO2. The Bertz CT molecular complexity index is 3190. The largest absolute Gasteiger partial charge is 0.455 e. The van der Waals surface area contributed by atoms with Crippen LogP contribution < -0.4 is 4.90 Å². The molecule has 55 heavy (non-hydrogen) atoms. The van der Waals surface area contributed by atoms with Gasteiger partial charge in [-0.05, 0) is 81.6 Å². The molecule has 0 amide bonds. The highest BCUT2D eigenvalue weighted by Crippen LogP contribution is 2.47. The normalized spacial score (nSPS) is 11.6. The van der Waals surface area contributed by atoms with Crippen LogP contribution in [0.3, 0.4) is 0 Å². The van der Waals surface area contributed by atoms with Crippen LogP contribution in [0.25, 0.3) is 88.0 Å². The average molecular weight is 704 g/mol. The minimum absolute atomic E-state index is 0.853. The van der Waals surface area contributed by atoms with Crippen molar-refractivity contribution in [1.82, 2.24) is 0 Å². The van der Waals surface area contributed by atoms with Crippen molar-refractivity contribution in [2.24, 2.45) is 0 Å². The van der Waals surface area contributed by atoms with Gasteiger partial charge in [-0.1, -0.05) is 152 Å². The Balaban J connectivity index is 1.15. The van der Waals surface area contributed by atoms with Crippen LogP contribution >= 0.6 is 0 Å². The molecule has 0 N–H and O–H groups in total. The second kappa shape index (κ2) is 12.6. The third kappa shape index (κ3) is 5.13. The van der Waals surface area contributed by atoms with Gasteiger partial charge in [0.1, 0.15) is 22.3 Å². The molecule has 0 saturated heterocycles. The molecular weight excluding hydrogens is 671 g/mol. The SMILES string of the molecule is c1ccc(-c2cccc3c2oc2ccc(N(c4ccc(-c5cccc6ccccc56)cc4)c4ccc(-c5ccccc5)c5oc6ccccc6c45)cc23)cc1. The fraction of sp³-hybridized carbons (Fsp3) is 0. The average Bonchev–Trinajstić information content (AvgIpc) is 3.84. The van der Waals surface area contributed by atoms with Crippen LogP contribution in [0.15, 0.2) is 209 Å². The van der Waals surface area contributed by atoms with Gasteiger partial charge < -0.3 is 13.7 Å². The molecule has 0 unspecified atom stereocenters. The van der Waals surface area contributed by atoms with E-state index in [0.29, 0.717) is 0 Å². The number of hydrogen-bond acceptors (Lipinski definition) is 3. The van der Waals surface area contributed by atoms with Crippen molar-refractivity contribution in [2.45, 2.75) is 0 Å². The number of para-hydroxylation sites is 2. The van der Waals surface area contributed by atoms with Crippen LogP contribution in [0, 0.1) is 0 Å². The van der Waals surface area contributed by atoms with Crippen molar-refractivity contribution in [1.29, 1.82) is 0 Å². The highest BCUT2D eigenvalue weighted by atomic mass is 16.3. The Morgan fingerprint density at radius 3 is 1.69 bits per heavy atom. The first-order valence-corrected chi connectivity index (χ1v) is 18.7. The monoisotopic (exact) mass is 703 g/mol. The quantitative estimate of drug-likeness (QED) is 0.173. The van der Waals surface area contributed by atoms with Crippen molar-refractivity contribution in [2.75, 3.05) is 4.90 Å². The first-order chi connectivity index (χ1) is 27.3. The van der Waals surface area contributed by atoms with E-state index in [9.17, 15) is 0 Å². The van der Waals surface area contributed by atoms with Crippen LogP contribution in [0.4, 0.5) is 17.1 Å². The highest BCUT2D eigenvalue weighted by molar-refractivity contribution is 6.18. The molecule has 0 aliphatic heterocycles. The zero-order valence-corrected chi connectivity index (χ0v) is 29.8. The summed E-state index contributed by atoms with van der Waals surface area (Å²) in [6.07, 6.45) is 0. The van der Waals surface area contributed by atoms with E-state index in [1.54, 1.807) is 0 Å². The van der Waals surface area contributed by atoms with Gasteiger partial charge in [-0.2, -0.15) is 0 Å². The summed E-state index contributed by atoms with van der Waals surface area (Å²) in [6.45, 7) is 0. The lowest BCUT2D eigenvalue weighted by molar-refractivity contribution is 0.669. The predicted molar refractivity (Wildman–Crippen MR) is 229 cm³/mol. The maximum Gasteiger partial charge on any atom is 0.145 e. The summed E-state index contributed by atoms with van der Waals surface area (Å²) in [5.41, 5.74) is 13.4. The van der Waals surface area contributed by atoms with E-state index in [-0.39, 0.29) is 0 Å². The lowest BCUT2D eigenvalue weighted by atomic mass is 9.97. The Hall–Kier alpha value is -7.36. The summed E-state index contributed by atoms with van der Waals surface area (Å²) >= 11 is 0. The van der Waals surface area contributed by atoms with Gasteiger partial charge >= 0.3 is 0 Å². The number of rotatable bonds is 6. The van der Waals surface area contributed by atoms with Gasteiger partial charge in [0.25, 0.3) is 0 Å². The summed E-state index contributed by atoms with van der Waals surface area (Å²) in [7, 11) is 0. The van der Waals surface area contributed by atoms with E-state index in [1.165, 1.54) is 21.9 Å². The molecule has 2 heterocycles. The van der Waals surface area contributed by atoms with Gasteiger partial charge in [-0.15, -0.1) is 0 Å². The molecule has 0 atom stereocenters. The minimum Gasteiger partial charge on any atom is -0.455 e. The van der Waals surface area contributed by atoms with Crippen LogP contribution in [0.1, 0.15) is 0 Å². The van der Waals surface area contributed by atoms with E-state index >= 15 is 0 Å². The molecule has 3 heteroatoms. The topological polar surface area (TPSA) is 29.5 Å². The van der Waals surface area contributed by atoms with Gasteiger partial charge in [0.05, 0.1) is 11.1 Å². The maximum atomic E-state index is 6.75. The zero-order chi connectivity index (χ0) is 36.3. The van der Waals surface area contributed by atoms with Crippen molar-refractivity contribution in [3.05, 3.63) is 200 Å². The molecule has 11 aromatic rings. The van der Waals surface area contributed by atoms with Gasteiger partial charge in [0.15, 0.2) is 0 Å². The smallest absolute Gasteiger partial charge is 0.145 e. The van der Waals surface area contributed by atoms with E-state index in [0.717, 1.165) is 83.2 Å². The molecule has 0 aliphatic carbocycles. The molecule has 0 bridgehead atoms. The van der Waals surface area contributed by atoms with Gasteiger partial charge in [-0.3, -0.25) is 0 Å². The Morgan fingerprint density at radius 1 is 0.327 bits per heavy atom. The summed E-state index contributed by atoms with van der Waals surface area (Å²) < 4.78 is 13.4. The standard InChI is InChI=1S/C52H33NO2/c1-3-13-35(14-4-1)42-22-12-23-44-46-33-39(29-32-49(46)54-51(42)44)53(38-27-25-37(26-28-38)41-21-11-18-34-17-7-8-19-40(34)41)47-31-30-43(36-15-5-2-6-16-36)52-50(47)45-20-9-10-24-48(45)55-52/h1-33H. The van der Waals surface area contributed by atoms with Crippen LogP contribution in [0.2, 0.25) is 0 Å². The third-order valence-electron chi connectivity index (χ3n) is 10.9. The number of anilines is 3. The van der Waals surface area contributed by atoms with Crippen molar-refractivity contribution >= 4 is 71.7 Å². The van der Waals surface area contributed by atoms with E-state index < -0.39 is 0 Å². The number of nitrogens with zero attached hydrogens (tertiary/aromatic N) is 1. The summed E-state index contributed by atoms with van der Waals surface area (Å²) in [4.78, 5) is 2.37. The molecule has 258 valence electrons. The number of furan rings is 2. The summed E-state index contributed by atoms with van der Waals surface area (Å²) in [5, 5.41) is 6.77. The predicted octanol–water partition coefficient (Wildman–Crippen LogP) is 15.1. The van der Waals surface area contributed by atoms with Crippen LogP contribution in [0.5, 0.6) is 0 Å². The first kappa shape index (κ1) is 31.2. The van der Waals surface area contributed by atoms with E-state index in [4.69, 9.17) is 8.83 Å². The van der Waals surface area contributed by atoms with E-state index in [1.807, 2.05) is 12.1 Å². The second-order valence-corrected chi connectivity index (χ2v) is 14.0. The maximum absolute atomic E-state index is 6.75. The fourth-order valence-electron chi connectivity index (χ4n) is 8.31. The van der Waals surface area contributed by atoms with Gasteiger partial charge in [-0.25, -0.2) is 0 Å². The minimum atomic E-state index is 0.853. The van der Waals surface area contributed by atoms with Crippen molar-refractivity contribution < 1.29 is 8.83 Å². The molecule has 0 saturated carbocycles. The Morgan fingerprint density at radius 2 is 0.891 bits per heavy atom. The zero-order valence-electron chi connectivity index (χ0n) is 29.8. The summed E-state index contributed by atoms with van der Waals surface area (Å²) in [6, 6.07) is 70.8. The van der Waals surface area contributed by atoms with Gasteiger partial charge in [0, 0.05) is 38.7 Å². The van der Waals surface area contributed by atoms with Crippen LogP contribution in [-0.2, 0) is 0 Å². The molecule has 2 aromatic heterocycles.